The van der Waals surface area contributed by atoms with Gasteiger partial charge in [-0.1, -0.05) is 12.1 Å². The van der Waals surface area contributed by atoms with E-state index in [1.165, 1.54) is 0 Å². The van der Waals surface area contributed by atoms with E-state index in [2.05, 4.69) is 20.9 Å². The van der Waals surface area contributed by atoms with Crippen LogP contribution in [0.25, 0.3) is 10.9 Å². The highest BCUT2D eigenvalue weighted by Crippen LogP contribution is 2.34. The SMILES string of the molecule is Cc1cc(C(O)c2ccc3ncccc3c2)sc1Br. The maximum atomic E-state index is 10.5. The number of fused-ring (bicyclic) bond motifs is 1. The summed E-state index contributed by atoms with van der Waals surface area (Å²) in [7, 11) is 0. The molecule has 0 saturated carbocycles. The fourth-order valence-electron chi connectivity index (χ4n) is 2.05. The quantitative estimate of drug-likeness (QED) is 0.751. The molecule has 0 fully saturated rings. The molecule has 1 atom stereocenters. The van der Waals surface area contributed by atoms with Crippen molar-refractivity contribution in [3.8, 4) is 0 Å². The molecule has 0 aliphatic rings. The van der Waals surface area contributed by atoms with Gasteiger partial charge in [-0.25, -0.2) is 0 Å². The Morgan fingerprint density at radius 3 is 2.84 bits per heavy atom. The van der Waals surface area contributed by atoms with Crippen molar-refractivity contribution in [2.24, 2.45) is 0 Å². The second-order valence-corrected chi connectivity index (χ2v) is 6.87. The van der Waals surface area contributed by atoms with Crippen molar-refractivity contribution in [1.82, 2.24) is 4.98 Å². The Morgan fingerprint density at radius 2 is 2.11 bits per heavy atom. The summed E-state index contributed by atoms with van der Waals surface area (Å²) in [5.41, 5.74) is 3.00. The summed E-state index contributed by atoms with van der Waals surface area (Å²) in [6.07, 6.45) is 1.19. The number of aromatic nitrogens is 1. The van der Waals surface area contributed by atoms with Crippen LogP contribution in [-0.2, 0) is 0 Å². The van der Waals surface area contributed by atoms with Gasteiger partial charge in [0.2, 0.25) is 0 Å². The number of rotatable bonds is 2. The average molecular weight is 334 g/mol. The van der Waals surface area contributed by atoms with E-state index in [1.54, 1.807) is 17.5 Å². The molecule has 0 aliphatic carbocycles. The molecule has 2 nitrogen and oxygen atoms in total. The van der Waals surface area contributed by atoms with Gasteiger partial charge in [-0.3, -0.25) is 4.98 Å². The van der Waals surface area contributed by atoms with Crippen molar-refractivity contribution in [3.05, 3.63) is 62.4 Å². The van der Waals surface area contributed by atoms with Crippen molar-refractivity contribution in [2.75, 3.05) is 0 Å². The Balaban J connectivity index is 2.03. The molecule has 2 heterocycles. The molecular formula is C15H12BrNOS. The molecule has 1 unspecified atom stereocenters. The van der Waals surface area contributed by atoms with Gasteiger partial charge < -0.3 is 5.11 Å². The lowest BCUT2D eigenvalue weighted by molar-refractivity contribution is 0.224. The first kappa shape index (κ1) is 12.8. The van der Waals surface area contributed by atoms with Gasteiger partial charge in [-0.2, -0.15) is 0 Å². The fourth-order valence-corrected chi connectivity index (χ4v) is 3.63. The molecular weight excluding hydrogens is 322 g/mol. The van der Waals surface area contributed by atoms with Crippen LogP contribution in [0.5, 0.6) is 0 Å². The molecule has 3 rings (SSSR count). The number of thiophene rings is 1. The Kier molecular flexibility index (Phi) is 3.39. The van der Waals surface area contributed by atoms with Crippen LogP contribution >= 0.6 is 27.3 Å². The van der Waals surface area contributed by atoms with Crippen molar-refractivity contribution in [3.63, 3.8) is 0 Å². The van der Waals surface area contributed by atoms with Crippen LogP contribution in [0.1, 0.15) is 22.1 Å². The lowest BCUT2D eigenvalue weighted by Gasteiger charge is -2.09. The molecule has 0 spiro atoms. The largest absolute Gasteiger partial charge is 0.383 e. The van der Waals surface area contributed by atoms with Crippen LogP contribution in [-0.4, -0.2) is 10.1 Å². The van der Waals surface area contributed by atoms with Crippen LogP contribution in [0.4, 0.5) is 0 Å². The standard InChI is InChI=1S/C15H12BrNOS/c1-9-7-13(19-15(9)16)14(18)11-4-5-12-10(8-11)3-2-6-17-12/h2-8,14,18H,1H3. The summed E-state index contributed by atoms with van der Waals surface area (Å²) in [4.78, 5) is 5.24. The molecule has 96 valence electrons. The number of benzene rings is 1. The first-order valence-corrected chi connectivity index (χ1v) is 7.54. The first-order valence-electron chi connectivity index (χ1n) is 5.94. The Labute approximate surface area is 123 Å². The summed E-state index contributed by atoms with van der Waals surface area (Å²) in [5, 5.41) is 11.5. The zero-order valence-electron chi connectivity index (χ0n) is 10.3. The lowest BCUT2D eigenvalue weighted by atomic mass is 10.0. The normalized spacial score (nSPS) is 12.8. The predicted octanol–water partition coefficient (Wildman–Crippen LogP) is 4.45. The molecule has 1 N–H and O–H groups in total. The zero-order valence-corrected chi connectivity index (χ0v) is 12.7. The van der Waals surface area contributed by atoms with E-state index in [-0.39, 0.29) is 0 Å². The number of aryl methyl sites for hydroxylation is 1. The molecule has 0 bridgehead atoms. The van der Waals surface area contributed by atoms with E-state index >= 15 is 0 Å². The van der Waals surface area contributed by atoms with E-state index in [1.807, 2.05) is 43.3 Å². The average Bonchev–Trinajstić information content (AvgIpc) is 2.77. The van der Waals surface area contributed by atoms with Gasteiger partial charge in [0, 0.05) is 16.5 Å². The number of nitrogens with zero attached hydrogens (tertiary/aromatic N) is 1. The van der Waals surface area contributed by atoms with Crippen LogP contribution in [0.15, 0.2) is 46.4 Å². The van der Waals surface area contributed by atoms with Gasteiger partial charge >= 0.3 is 0 Å². The molecule has 0 radical (unpaired) electrons. The number of hydrogen-bond donors (Lipinski definition) is 1. The highest BCUT2D eigenvalue weighted by molar-refractivity contribution is 9.11. The van der Waals surface area contributed by atoms with Crippen LogP contribution < -0.4 is 0 Å². The van der Waals surface area contributed by atoms with E-state index < -0.39 is 6.10 Å². The Bertz CT molecular complexity index is 718. The van der Waals surface area contributed by atoms with Gasteiger partial charge in [-0.05, 0) is 58.2 Å². The second-order valence-electron chi connectivity index (χ2n) is 4.46. The smallest absolute Gasteiger partial charge is 0.113 e. The van der Waals surface area contributed by atoms with E-state index in [0.29, 0.717) is 0 Å². The number of pyridine rings is 1. The topological polar surface area (TPSA) is 33.1 Å². The van der Waals surface area contributed by atoms with Gasteiger partial charge in [0.05, 0.1) is 9.30 Å². The number of aliphatic hydroxyl groups excluding tert-OH is 1. The predicted molar refractivity (Wildman–Crippen MR) is 82.6 cm³/mol. The highest BCUT2D eigenvalue weighted by atomic mass is 79.9. The highest BCUT2D eigenvalue weighted by Gasteiger charge is 2.14. The summed E-state index contributed by atoms with van der Waals surface area (Å²) in [5.74, 6) is 0. The number of aliphatic hydroxyl groups is 1. The van der Waals surface area contributed by atoms with Crippen LogP contribution in [0.3, 0.4) is 0 Å². The van der Waals surface area contributed by atoms with Gasteiger partial charge in [0.15, 0.2) is 0 Å². The van der Waals surface area contributed by atoms with Gasteiger partial charge in [0.25, 0.3) is 0 Å². The monoisotopic (exact) mass is 333 g/mol. The molecule has 2 aromatic heterocycles. The maximum Gasteiger partial charge on any atom is 0.113 e. The zero-order chi connectivity index (χ0) is 13.4. The fraction of sp³-hybridized carbons (Fsp3) is 0.133. The second kappa shape index (κ2) is 5.04. The summed E-state index contributed by atoms with van der Waals surface area (Å²) in [6, 6.07) is 11.8. The van der Waals surface area contributed by atoms with Crippen LogP contribution in [0.2, 0.25) is 0 Å². The lowest BCUT2D eigenvalue weighted by Crippen LogP contribution is -1.97. The van der Waals surface area contributed by atoms with Crippen molar-refractivity contribution >= 4 is 38.2 Å². The number of halogens is 1. The molecule has 0 amide bonds. The minimum Gasteiger partial charge on any atom is -0.383 e. The number of hydrogen-bond acceptors (Lipinski definition) is 3. The molecule has 3 aromatic rings. The Morgan fingerprint density at radius 1 is 1.26 bits per heavy atom. The van der Waals surface area contributed by atoms with Crippen molar-refractivity contribution in [1.29, 1.82) is 0 Å². The molecule has 1 aromatic carbocycles. The minimum absolute atomic E-state index is 0.584. The van der Waals surface area contributed by atoms with Gasteiger partial charge in [-0.15, -0.1) is 11.3 Å². The van der Waals surface area contributed by atoms with Crippen molar-refractivity contribution in [2.45, 2.75) is 13.0 Å². The van der Waals surface area contributed by atoms with E-state index in [9.17, 15) is 5.11 Å². The van der Waals surface area contributed by atoms with E-state index in [4.69, 9.17) is 0 Å². The molecule has 19 heavy (non-hydrogen) atoms. The third kappa shape index (κ3) is 2.43. The van der Waals surface area contributed by atoms with Crippen LogP contribution in [0, 0.1) is 6.92 Å². The third-order valence-corrected chi connectivity index (χ3v) is 5.28. The molecule has 0 aliphatic heterocycles. The maximum absolute atomic E-state index is 10.5. The summed E-state index contributed by atoms with van der Waals surface area (Å²) < 4.78 is 1.07. The summed E-state index contributed by atoms with van der Waals surface area (Å²) >= 11 is 5.07. The molecule has 4 heteroatoms. The van der Waals surface area contributed by atoms with E-state index in [0.717, 1.165) is 30.7 Å². The van der Waals surface area contributed by atoms with Gasteiger partial charge in [0.1, 0.15) is 6.10 Å². The third-order valence-electron chi connectivity index (χ3n) is 3.09. The Hall–Kier alpha value is -1.23. The summed E-state index contributed by atoms with van der Waals surface area (Å²) in [6.45, 7) is 2.03. The molecule has 0 saturated heterocycles. The minimum atomic E-state index is -0.584. The first-order chi connectivity index (χ1) is 9.15. The van der Waals surface area contributed by atoms with Crippen molar-refractivity contribution < 1.29 is 5.11 Å².